The first kappa shape index (κ1) is 21.4. The van der Waals surface area contributed by atoms with Crippen LogP contribution in [-0.2, 0) is 20.6 Å². The Labute approximate surface area is 165 Å². The highest BCUT2D eigenvalue weighted by atomic mass is 32.2. The zero-order valence-corrected chi connectivity index (χ0v) is 17.7. The van der Waals surface area contributed by atoms with Crippen molar-refractivity contribution in [1.29, 1.82) is 0 Å². The van der Waals surface area contributed by atoms with Gasteiger partial charge in [0.15, 0.2) is 0 Å². The van der Waals surface area contributed by atoms with Crippen molar-refractivity contribution in [1.82, 2.24) is 5.32 Å². The smallest absolute Gasteiger partial charge is 0.243 e. The molecule has 1 amide bonds. The Morgan fingerprint density at radius 3 is 2.67 bits per heavy atom. The third kappa shape index (κ3) is 6.04. The van der Waals surface area contributed by atoms with Gasteiger partial charge in [0.2, 0.25) is 15.9 Å². The lowest BCUT2D eigenvalue weighted by Gasteiger charge is -2.29. The number of carbonyl (C=O) groups excluding carboxylic acids is 1. The second-order valence-corrected chi connectivity index (χ2v) is 9.41. The molecule has 0 aliphatic carbocycles. The molecule has 27 heavy (non-hydrogen) atoms. The molecule has 2 rings (SSSR count). The van der Waals surface area contributed by atoms with Crippen LogP contribution >= 0.6 is 11.8 Å². The summed E-state index contributed by atoms with van der Waals surface area (Å²) in [5, 5.41) is 2.82. The molecule has 0 aliphatic heterocycles. The molecular formula is C19H26N2O4S2. The number of nitrogens with one attached hydrogen (secondary N) is 1. The van der Waals surface area contributed by atoms with Gasteiger partial charge >= 0.3 is 0 Å². The molecule has 148 valence electrons. The van der Waals surface area contributed by atoms with Crippen molar-refractivity contribution in [2.45, 2.75) is 32.6 Å². The molecule has 8 heteroatoms. The number of thioether (sulfide) groups is 1. The fraction of sp³-hybridized carbons (Fsp3) is 0.421. The molecular weight excluding hydrogens is 384 g/mol. The summed E-state index contributed by atoms with van der Waals surface area (Å²) in [7, 11) is -3.61. The first-order valence-corrected chi connectivity index (χ1v) is 11.6. The van der Waals surface area contributed by atoms with Gasteiger partial charge in [0.1, 0.15) is 11.8 Å². The van der Waals surface area contributed by atoms with Gasteiger partial charge in [-0.3, -0.25) is 9.10 Å². The number of carbonyl (C=O) groups is 1. The van der Waals surface area contributed by atoms with Crippen LogP contribution < -0.4 is 9.62 Å². The van der Waals surface area contributed by atoms with Crippen LogP contribution in [0.3, 0.4) is 0 Å². The number of nitrogens with zero attached hydrogens (tertiary/aromatic N) is 1. The second kappa shape index (κ2) is 9.32. The van der Waals surface area contributed by atoms with Crippen molar-refractivity contribution in [2.24, 2.45) is 0 Å². The molecule has 1 N–H and O–H groups in total. The zero-order valence-electron chi connectivity index (χ0n) is 16.1. The van der Waals surface area contributed by atoms with Gasteiger partial charge in [-0.15, -0.1) is 0 Å². The predicted octanol–water partition coefficient (Wildman–Crippen LogP) is 3.10. The molecule has 1 aromatic carbocycles. The molecule has 0 spiro atoms. The van der Waals surface area contributed by atoms with E-state index in [9.17, 15) is 13.2 Å². The Kier molecular flexibility index (Phi) is 7.38. The van der Waals surface area contributed by atoms with Crippen molar-refractivity contribution < 1.29 is 17.6 Å². The highest BCUT2D eigenvalue weighted by Gasteiger charge is 2.29. The van der Waals surface area contributed by atoms with Crippen LogP contribution in [0.15, 0.2) is 41.0 Å². The van der Waals surface area contributed by atoms with Gasteiger partial charge in [-0.25, -0.2) is 8.42 Å². The van der Waals surface area contributed by atoms with Crippen LogP contribution in [0, 0.1) is 13.8 Å². The van der Waals surface area contributed by atoms with Crippen molar-refractivity contribution in [2.75, 3.05) is 22.9 Å². The van der Waals surface area contributed by atoms with Crippen molar-refractivity contribution in [3.8, 4) is 0 Å². The number of sulfonamides is 1. The number of hydrogen-bond donors (Lipinski definition) is 1. The number of furan rings is 1. The molecule has 0 bridgehead atoms. The van der Waals surface area contributed by atoms with E-state index in [0.717, 1.165) is 28.9 Å². The minimum absolute atomic E-state index is 0.320. The van der Waals surface area contributed by atoms with E-state index < -0.39 is 16.1 Å². The summed E-state index contributed by atoms with van der Waals surface area (Å²) < 4.78 is 31.2. The SMILES string of the molecule is Cc1ccc(C)c(N(C(C)C(=O)NCCSCc2ccco2)S(C)(=O)=O)c1. The Morgan fingerprint density at radius 2 is 2.04 bits per heavy atom. The van der Waals surface area contributed by atoms with E-state index in [-0.39, 0.29) is 5.91 Å². The normalized spacial score (nSPS) is 12.6. The molecule has 1 heterocycles. The van der Waals surface area contributed by atoms with E-state index in [1.165, 1.54) is 4.31 Å². The number of amides is 1. The van der Waals surface area contributed by atoms with Crippen LogP contribution in [0.25, 0.3) is 0 Å². The second-order valence-electron chi connectivity index (χ2n) is 6.45. The lowest BCUT2D eigenvalue weighted by molar-refractivity contribution is -0.121. The van der Waals surface area contributed by atoms with Gasteiger partial charge in [-0.2, -0.15) is 11.8 Å². The van der Waals surface area contributed by atoms with E-state index in [0.29, 0.717) is 18.0 Å². The highest BCUT2D eigenvalue weighted by molar-refractivity contribution is 7.98. The maximum Gasteiger partial charge on any atom is 0.243 e. The molecule has 1 atom stereocenters. The topological polar surface area (TPSA) is 79.6 Å². The monoisotopic (exact) mass is 410 g/mol. The molecule has 6 nitrogen and oxygen atoms in total. The Morgan fingerprint density at radius 1 is 1.30 bits per heavy atom. The van der Waals surface area contributed by atoms with Gasteiger partial charge in [-0.1, -0.05) is 12.1 Å². The fourth-order valence-electron chi connectivity index (χ4n) is 2.70. The Hall–Kier alpha value is -1.93. The standard InChI is InChI=1S/C19H26N2O4S2/c1-14-7-8-15(2)18(12-14)21(27(4,23)24)16(3)19(22)20-9-11-26-13-17-6-5-10-25-17/h5-8,10,12,16H,9,11,13H2,1-4H3,(H,20,22). The first-order valence-electron chi connectivity index (χ1n) is 8.64. The van der Waals surface area contributed by atoms with E-state index in [1.54, 1.807) is 31.0 Å². The summed E-state index contributed by atoms with van der Waals surface area (Å²) in [6, 6.07) is 8.47. The van der Waals surface area contributed by atoms with Gasteiger partial charge < -0.3 is 9.73 Å². The zero-order chi connectivity index (χ0) is 20.0. The molecule has 1 unspecified atom stereocenters. The van der Waals surface area contributed by atoms with Gasteiger partial charge in [0.25, 0.3) is 0 Å². The summed E-state index contributed by atoms with van der Waals surface area (Å²) in [5.74, 6) is 2.01. The average Bonchev–Trinajstić information content (AvgIpc) is 3.09. The third-order valence-electron chi connectivity index (χ3n) is 4.06. The Balaban J connectivity index is 1.99. The number of rotatable bonds is 9. The minimum atomic E-state index is -3.61. The van der Waals surface area contributed by atoms with Crippen molar-refractivity contribution in [3.63, 3.8) is 0 Å². The first-order chi connectivity index (χ1) is 12.7. The summed E-state index contributed by atoms with van der Waals surface area (Å²) in [5.41, 5.74) is 2.28. The molecule has 0 saturated carbocycles. The van der Waals surface area contributed by atoms with E-state index in [1.807, 2.05) is 38.1 Å². The number of aryl methyl sites for hydroxylation is 2. The Bertz CT molecular complexity index is 864. The van der Waals surface area contributed by atoms with Crippen molar-refractivity contribution >= 4 is 33.4 Å². The number of hydrogen-bond acceptors (Lipinski definition) is 5. The predicted molar refractivity (Wildman–Crippen MR) is 111 cm³/mol. The van der Waals surface area contributed by atoms with Crippen LogP contribution in [0.1, 0.15) is 23.8 Å². The maximum atomic E-state index is 12.5. The fourth-order valence-corrected chi connectivity index (χ4v) is 4.68. The molecule has 0 fully saturated rings. The molecule has 0 aliphatic rings. The summed E-state index contributed by atoms with van der Waals surface area (Å²) >= 11 is 1.64. The lowest BCUT2D eigenvalue weighted by atomic mass is 10.1. The van der Waals surface area contributed by atoms with E-state index in [2.05, 4.69) is 5.32 Å². The summed E-state index contributed by atoms with van der Waals surface area (Å²) in [4.78, 5) is 12.5. The van der Waals surface area contributed by atoms with Crippen LogP contribution in [0.4, 0.5) is 5.69 Å². The van der Waals surface area contributed by atoms with Crippen LogP contribution in [-0.4, -0.2) is 38.9 Å². The minimum Gasteiger partial charge on any atom is -0.468 e. The van der Waals surface area contributed by atoms with Gasteiger partial charge in [0, 0.05) is 12.3 Å². The number of anilines is 1. The maximum absolute atomic E-state index is 12.5. The molecule has 0 saturated heterocycles. The summed E-state index contributed by atoms with van der Waals surface area (Å²) in [6.07, 6.45) is 2.75. The van der Waals surface area contributed by atoms with Gasteiger partial charge in [0.05, 0.1) is 24.0 Å². The quantitative estimate of drug-likeness (QED) is 0.643. The molecule has 2 aromatic rings. The third-order valence-corrected chi connectivity index (χ3v) is 6.27. The number of benzene rings is 1. The highest BCUT2D eigenvalue weighted by Crippen LogP contribution is 2.26. The van der Waals surface area contributed by atoms with Crippen LogP contribution in [0.2, 0.25) is 0 Å². The van der Waals surface area contributed by atoms with E-state index >= 15 is 0 Å². The average molecular weight is 411 g/mol. The van der Waals surface area contributed by atoms with Crippen LogP contribution in [0.5, 0.6) is 0 Å². The summed E-state index contributed by atoms with van der Waals surface area (Å²) in [6.45, 7) is 5.79. The lowest BCUT2D eigenvalue weighted by Crippen LogP contribution is -2.48. The van der Waals surface area contributed by atoms with E-state index in [4.69, 9.17) is 4.42 Å². The van der Waals surface area contributed by atoms with Crippen molar-refractivity contribution in [3.05, 3.63) is 53.5 Å². The molecule has 0 radical (unpaired) electrons. The van der Waals surface area contributed by atoms with Gasteiger partial charge in [-0.05, 0) is 50.1 Å². The largest absolute Gasteiger partial charge is 0.468 e. The molecule has 1 aromatic heterocycles.